The lowest BCUT2D eigenvalue weighted by Gasteiger charge is -2.30. The van der Waals surface area contributed by atoms with E-state index in [1.54, 1.807) is 0 Å². The molecule has 1 aliphatic heterocycles. The minimum absolute atomic E-state index is 0.203. The lowest BCUT2D eigenvalue weighted by Crippen LogP contribution is -2.43. The molecule has 19 heavy (non-hydrogen) atoms. The van der Waals surface area contributed by atoms with Crippen molar-refractivity contribution < 1.29 is 0 Å². The quantitative estimate of drug-likeness (QED) is 0.554. The van der Waals surface area contributed by atoms with Crippen LogP contribution in [0, 0.1) is 11.3 Å². The van der Waals surface area contributed by atoms with E-state index in [1.165, 1.54) is 18.4 Å². The van der Waals surface area contributed by atoms with Gasteiger partial charge < -0.3 is 16.0 Å². The summed E-state index contributed by atoms with van der Waals surface area (Å²) in [4.78, 5) is 2.02. The fourth-order valence-corrected chi connectivity index (χ4v) is 2.59. The summed E-state index contributed by atoms with van der Waals surface area (Å²) in [5.41, 5.74) is 7.02. The zero-order valence-corrected chi connectivity index (χ0v) is 11.4. The Kier molecular flexibility index (Phi) is 5.21. The van der Waals surface area contributed by atoms with Gasteiger partial charge in [-0.05, 0) is 43.8 Å². The van der Waals surface area contributed by atoms with Gasteiger partial charge in [0, 0.05) is 13.1 Å². The molecule has 0 bridgehead atoms. The van der Waals surface area contributed by atoms with Crippen molar-refractivity contribution in [3.63, 3.8) is 0 Å². The molecule has 104 valence electrons. The van der Waals surface area contributed by atoms with E-state index in [0.717, 1.165) is 32.6 Å². The molecule has 4 nitrogen and oxygen atoms in total. The Morgan fingerprint density at radius 2 is 1.95 bits per heavy atom. The second-order valence-electron chi connectivity index (χ2n) is 5.26. The number of guanidine groups is 1. The third-order valence-corrected chi connectivity index (χ3v) is 3.79. The first-order valence-electron chi connectivity index (χ1n) is 7.09. The van der Waals surface area contributed by atoms with Crippen molar-refractivity contribution in [3.05, 3.63) is 35.9 Å². The van der Waals surface area contributed by atoms with Gasteiger partial charge in [-0.1, -0.05) is 30.3 Å². The van der Waals surface area contributed by atoms with Crippen LogP contribution in [-0.4, -0.2) is 37.0 Å². The predicted octanol–water partition coefficient (Wildman–Crippen LogP) is 1.42. The van der Waals surface area contributed by atoms with Crippen molar-refractivity contribution in [2.24, 2.45) is 11.7 Å². The summed E-state index contributed by atoms with van der Waals surface area (Å²) in [6, 6.07) is 10.4. The topological polar surface area (TPSA) is 65.1 Å². The molecule has 4 heteroatoms. The predicted molar refractivity (Wildman–Crippen MR) is 79.2 cm³/mol. The Morgan fingerprint density at radius 3 is 2.58 bits per heavy atom. The molecule has 1 fully saturated rings. The molecule has 4 N–H and O–H groups in total. The number of hydrogen-bond donors (Lipinski definition) is 3. The highest BCUT2D eigenvalue weighted by molar-refractivity contribution is 5.74. The van der Waals surface area contributed by atoms with Gasteiger partial charge in [-0.2, -0.15) is 0 Å². The second kappa shape index (κ2) is 7.14. The molecule has 0 saturated carbocycles. The van der Waals surface area contributed by atoms with Crippen LogP contribution in [-0.2, 0) is 6.42 Å². The van der Waals surface area contributed by atoms with Crippen molar-refractivity contribution >= 4 is 5.96 Å². The Labute approximate surface area is 115 Å². The van der Waals surface area contributed by atoms with Gasteiger partial charge in [0.05, 0.1) is 0 Å². The molecule has 0 aliphatic carbocycles. The van der Waals surface area contributed by atoms with E-state index in [-0.39, 0.29) is 5.96 Å². The summed E-state index contributed by atoms with van der Waals surface area (Å²) in [6.45, 7) is 3.94. The number of benzene rings is 1. The van der Waals surface area contributed by atoms with E-state index in [2.05, 4.69) is 29.6 Å². The lowest BCUT2D eigenvalue weighted by atomic mass is 9.97. The summed E-state index contributed by atoms with van der Waals surface area (Å²) in [5.74, 6) is 0.871. The van der Waals surface area contributed by atoms with E-state index in [9.17, 15) is 0 Å². The van der Waals surface area contributed by atoms with Crippen molar-refractivity contribution in [3.8, 4) is 0 Å². The molecule has 0 spiro atoms. The average Bonchev–Trinajstić information content (AvgIpc) is 2.45. The largest absolute Gasteiger partial charge is 0.370 e. The van der Waals surface area contributed by atoms with E-state index in [1.807, 2.05) is 11.0 Å². The zero-order valence-electron chi connectivity index (χ0n) is 11.4. The number of piperidine rings is 1. The van der Waals surface area contributed by atoms with E-state index in [0.29, 0.717) is 5.92 Å². The number of nitrogens with two attached hydrogens (primary N) is 1. The fraction of sp³-hybridized carbons (Fsp3) is 0.533. The van der Waals surface area contributed by atoms with Gasteiger partial charge in [-0.3, -0.25) is 5.41 Å². The van der Waals surface area contributed by atoms with Crippen LogP contribution in [0.1, 0.15) is 18.4 Å². The van der Waals surface area contributed by atoms with Crippen molar-refractivity contribution in [2.75, 3.05) is 26.2 Å². The summed E-state index contributed by atoms with van der Waals surface area (Å²) in [5, 5.41) is 11.1. The Hall–Kier alpha value is -1.55. The molecule has 0 aromatic heterocycles. The number of nitrogens with zero attached hydrogens (tertiary/aromatic N) is 1. The molecule has 0 amide bonds. The molecule has 1 aliphatic rings. The Bertz CT molecular complexity index is 384. The van der Waals surface area contributed by atoms with Crippen molar-refractivity contribution in [2.45, 2.75) is 19.3 Å². The first-order valence-corrected chi connectivity index (χ1v) is 7.09. The zero-order chi connectivity index (χ0) is 13.5. The minimum Gasteiger partial charge on any atom is -0.370 e. The SMILES string of the molecule is N=C(N)N(CCc1ccccc1)CC1CCNCC1. The highest BCUT2D eigenvalue weighted by Gasteiger charge is 2.17. The molecular formula is C15H24N4. The Balaban J connectivity index is 1.83. The first kappa shape index (κ1) is 13.9. The van der Waals surface area contributed by atoms with Gasteiger partial charge in [-0.15, -0.1) is 0 Å². The van der Waals surface area contributed by atoms with Gasteiger partial charge >= 0.3 is 0 Å². The van der Waals surface area contributed by atoms with Crippen LogP contribution >= 0.6 is 0 Å². The molecule has 0 unspecified atom stereocenters. The molecule has 0 radical (unpaired) electrons. The third kappa shape index (κ3) is 4.56. The molecule has 1 heterocycles. The summed E-state index contributed by atoms with van der Waals surface area (Å²) >= 11 is 0. The monoisotopic (exact) mass is 260 g/mol. The fourth-order valence-electron chi connectivity index (χ4n) is 2.59. The number of nitrogens with one attached hydrogen (secondary N) is 2. The molecule has 1 aromatic carbocycles. The van der Waals surface area contributed by atoms with Crippen LogP contribution in [0.25, 0.3) is 0 Å². The molecular weight excluding hydrogens is 236 g/mol. The summed E-state index contributed by atoms with van der Waals surface area (Å²) < 4.78 is 0. The lowest BCUT2D eigenvalue weighted by molar-refractivity contribution is 0.281. The standard InChI is InChI=1S/C15H24N4/c16-15(17)19(12-14-6-9-18-10-7-14)11-8-13-4-2-1-3-5-13/h1-5,14,18H,6-12H2,(H3,16,17). The van der Waals surface area contributed by atoms with E-state index < -0.39 is 0 Å². The smallest absolute Gasteiger partial charge is 0.188 e. The number of hydrogen-bond acceptors (Lipinski definition) is 2. The van der Waals surface area contributed by atoms with E-state index >= 15 is 0 Å². The van der Waals surface area contributed by atoms with Crippen LogP contribution in [0.15, 0.2) is 30.3 Å². The highest BCUT2D eigenvalue weighted by Crippen LogP contribution is 2.13. The van der Waals surface area contributed by atoms with Crippen LogP contribution in [0.5, 0.6) is 0 Å². The van der Waals surface area contributed by atoms with Crippen molar-refractivity contribution in [1.29, 1.82) is 5.41 Å². The van der Waals surface area contributed by atoms with Crippen LogP contribution < -0.4 is 11.1 Å². The van der Waals surface area contributed by atoms with Gasteiger partial charge in [0.25, 0.3) is 0 Å². The second-order valence-corrected chi connectivity index (χ2v) is 5.26. The molecule has 1 saturated heterocycles. The Morgan fingerprint density at radius 1 is 1.26 bits per heavy atom. The third-order valence-electron chi connectivity index (χ3n) is 3.79. The van der Waals surface area contributed by atoms with Crippen molar-refractivity contribution in [1.82, 2.24) is 10.2 Å². The summed E-state index contributed by atoms with van der Waals surface area (Å²) in [7, 11) is 0. The maximum Gasteiger partial charge on any atom is 0.188 e. The first-order chi connectivity index (χ1) is 9.25. The number of rotatable bonds is 5. The average molecular weight is 260 g/mol. The van der Waals surface area contributed by atoms with Gasteiger partial charge in [0.15, 0.2) is 5.96 Å². The molecule has 0 atom stereocenters. The van der Waals surface area contributed by atoms with Crippen LogP contribution in [0.3, 0.4) is 0 Å². The highest BCUT2D eigenvalue weighted by atomic mass is 15.2. The van der Waals surface area contributed by atoms with Gasteiger partial charge in [0.1, 0.15) is 0 Å². The maximum absolute atomic E-state index is 7.72. The molecule has 2 rings (SSSR count). The molecule has 1 aromatic rings. The van der Waals surface area contributed by atoms with Crippen LogP contribution in [0.2, 0.25) is 0 Å². The summed E-state index contributed by atoms with van der Waals surface area (Å²) in [6.07, 6.45) is 3.33. The van der Waals surface area contributed by atoms with Gasteiger partial charge in [0.2, 0.25) is 0 Å². The van der Waals surface area contributed by atoms with Gasteiger partial charge in [-0.25, -0.2) is 0 Å². The van der Waals surface area contributed by atoms with E-state index in [4.69, 9.17) is 11.1 Å². The minimum atomic E-state index is 0.203. The normalized spacial score (nSPS) is 16.2. The maximum atomic E-state index is 7.72. The van der Waals surface area contributed by atoms with Crippen LogP contribution in [0.4, 0.5) is 0 Å².